The van der Waals surface area contributed by atoms with Crippen molar-refractivity contribution in [2.75, 3.05) is 26.7 Å². The molecular weight excluding hydrogens is 162 g/mol. The van der Waals surface area contributed by atoms with Crippen molar-refractivity contribution in [1.82, 2.24) is 9.91 Å². The Morgan fingerprint density at radius 3 is 2.31 bits per heavy atom. The number of hydrazine groups is 1. The molecule has 0 amide bonds. The first-order valence-electron chi connectivity index (χ1n) is 5.44. The molecule has 2 aliphatic heterocycles. The second-order valence-electron chi connectivity index (χ2n) is 4.64. The highest BCUT2D eigenvalue weighted by Gasteiger charge is 2.38. The maximum atomic E-state index is 5.78. The Bertz CT molecular complexity index is 173. The minimum atomic E-state index is 0.508. The van der Waals surface area contributed by atoms with Crippen LogP contribution in [0, 0.1) is 0 Å². The van der Waals surface area contributed by atoms with E-state index in [0.29, 0.717) is 5.54 Å². The van der Waals surface area contributed by atoms with E-state index in [9.17, 15) is 0 Å². The lowest BCUT2D eigenvalue weighted by Gasteiger charge is -2.49. The molecule has 76 valence electrons. The van der Waals surface area contributed by atoms with Gasteiger partial charge in [-0.15, -0.1) is 0 Å². The summed E-state index contributed by atoms with van der Waals surface area (Å²) >= 11 is 0. The van der Waals surface area contributed by atoms with E-state index in [4.69, 9.17) is 5.84 Å². The van der Waals surface area contributed by atoms with Crippen LogP contribution in [0.25, 0.3) is 0 Å². The molecule has 0 saturated carbocycles. The highest BCUT2D eigenvalue weighted by atomic mass is 15.4. The van der Waals surface area contributed by atoms with Gasteiger partial charge in [-0.2, -0.15) is 0 Å². The van der Waals surface area contributed by atoms with Crippen LogP contribution in [0.3, 0.4) is 0 Å². The fraction of sp³-hybridized carbons (Fsp3) is 1.00. The molecule has 2 heterocycles. The van der Waals surface area contributed by atoms with E-state index in [-0.39, 0.29) is 0 Å². The Labute approximate surface area is 80.8 Å². The van der Waals surface area contributed by atoms with Crippen LogP contribution in [-0.4, -0.2) is 42.1 Å². The Morgan fingerprint density at radius 2 is 1.69 bits per heavy atom. The summed E-state index contributed by atoms with van der Waals surface area (Å²) in [5, 5.41) is 1.97. The van der Waals surface area contributed by atoms with E-state index >= 15 is 0 Å². The molecule has 0 radical (unpaired) electrons. The second kappa shape index (κ2) is 3.56. The molecule has 0 bridgehead atoms. The van der Waals surface area contributed by atoms with Gasteiger partial charge in [0.2, 0.25) is 0 Å². The van der Waals surface area contributed by atoms with Crippen LogP contribution in [-0.2, 0) is 0 Å². The van der Waals surface area contributed by atoms with Gasteiger partial charge in [-0.1, -0.05) is 6.42 Å². The van der Waals surface area contributed by atoms with Crippen LogP contribution in [0.5, 0.6) is 0 Å². The molecule has 0 aromatic rings. The Balaban J connectivity index is 2.01. The lowest BCUT2D eigenvalue weighted by atomic mass is 9.79. The lowest BCUT2D eigenvalue weighted by molar-refractivity contribution is 0.0101. The molecule has 2 saturated heterocycles. The molecule has 0 aliphatic carbocycles. The zero-order valence-electron chi connectivity index (χ0n) is 8.63. The molecule has 2 N–H and O–H groups in total. The third kappa shape index (κ3) is 1.73. The second-order valence-corrected chi connectivity index (χ2v) is 4.64. The maximum absolute atomic E-state index is 5.78. The number of hydrogen-bond donors (Lipinski definition) is 1. The first-order chi connectivity index (χ1) is 6.23. The first-order valence-corrected chi connectivity index (χ1v) is 5.44. The number of hydrogen-bond acceptors (Lipinski definition) is 3. The first kappa shape index (κ1) is 9.44. The van der Waals surface area contributed by atoms with Crippen molar-refractivity contribution in [3.8, 4) is 0 Å². The molecule has 3 nitrogen and oxygen atoms in total. The summed E-state index contributed by atoms with van der Waals surface area (Å²) in [5.74, 6) is 5.78. The molecular formula is C10H21N3. The average Bonchev–Trinajstić information content (AvgIpc) is 2.15. The van der Waals surface area contributed by atoms with E-state index < -0.39 is 0 Å². The standard InChI is InChI=1S/C10H21N3/c1-12-7-3-2-4-10(12)5-8-13(11)9-6-10/h2-9,11H2,1H3. The van der Waals surface area contributed by atoms with Crippen molar-refractivity contribution >= 4 is 0 Å². The van der Waals surface area contributed by atoms with Gasteiger partial charge in [0.1, 0.15) is 0 Å². The molecule has 2 aliphatic rings. The third-order valence-corrected chi connectivity index (χ3v) is 3.92. The number of nitrogens with zero attached hydrogens (tertiary/aromatic N) is 2. The van der Waals surface area contributed by atoms with Crippen molar-refractivity contribution in [2.24, 2.45) is 5.84 Å². The van der Waals surface area contributed by atoms with Crippen LogP contribution in [0.2, 0.25) is 0 Å². The summed E-state index contributed by atoms with van der Waals surface area (Å²) in [7, 11) is 2.28. The highest BCUT2D eigenvalue weighted by Crippen LogP contribution is 2.35. The van der Waals surface area contributed by atoms with Crippen LogP contribution < -0.4 is 5.84 Å². The summed E-state index contributed by atoms with van der Waals surface area (Å²) in [5.41, 5.74) is 0.508. The van der Waals surface area contributed by atoms with Gasteiger partial charge in [0.25, 0.3) is 0 Å². The van der Waals surface area contributed by atoms with Gasteiger partial charge < -0.3 is 4.90 Å². The predicted octanol–water partition coefficient (Wildman–Crippen LogP) is 0.810. The van der Waals surface area contributed by atoms with Gasteiger partial charge in [0, 0.05) is 18.6 Å². The van der Waals surface area contributed by atoms with Gasteiger partial charge >= 0.3 is 0 Å². The van der Waals surface area contributed by atoms with Gasteiger partial charge in [0.15, 0.2) is 0 Å². The Hall–Kier alpha value is -0.120. The number of rotatable bonds is 0. The van der Waals surface area contributed by atoms with E-state index in [1.54, 1.807) is 0 Å². The van der Waals surface area contributed by atoms with Crippen LogP contribution in [0.1, 0.15) is 32.1 Å². The Morgan fingerprint density at radius 1 is 1.00 bits per heavy atom. The monoisotopic (exact) mass is 183 g/mol. The number of likely N-dealkylation sites (tertiary alicyclic amines) is 1. The predicted molar refractivity (Wildman–Crippen MR) is 54.2 cm³/mol. The van der Waals surface area contributed by atoms with Crippen molar-refractivity contribution in [3.63, 3.8) is 0 Å². The van der Waals surface area contributed by atoms with E-state index in [1.807, 2.05) is 5.01 Å². The molecule has 13 heavy (non-hydrogen) atoms. The molecule has 0 aromatic carbocycles. The summed E-state index contributed by atoms with van der Waals surface area (Å²) in [6, 6.07) is 0. The topological polar surface area (TPSA) is 32.5 Å². The fourth-order valence-corrected chi connectivity index (χ4v) is 2.80. The van der Waals surface area contributed by atoms with E-state index in [2.05, 4.69) is 11.9 Å². The van der Waals surface area contributed by atoms with Crippen LogP contribution in [0.15, 0.2) is 0 Å². The van der Waals surface area contributed by atoms with Crippen LogP contribution in [0.4, 0.5) is 0 Å². The van der Waals surface area contributed by atoms with E-state index in [0.717, 1.165) is 13.1 Å². The van der Waals surface area contributed by atoms with Gasteiger partial charge in [-0.25, -0.2) is 5.01 Å². The molecule has 1 spiro atoms. The SMILES string of the molecule is CN1CCCCC12CCN(N)CC2. The van der Waals surface area contributed by atoms with Crippen molar-refractivity contribution in [3.05, 3.63) is 0 Å². The average molecular weight is 183 g/mol. The number of piperidine rings is 2. The largest absolute Gasteiger partial charge is 0.301 e. The quantitative estimate of drug-likeness (QED) is 0.564. The van der Waals surface area contributed by atoms with Crippen LogP contribution >= 0.6 is 0 Å². The van der Waals surface area contributed by atoms with Gasteiger partial charge in [-0.3, -0.25) is 5.84 Å². The highest BCUT2D eigenvalue weighted by molar-refractivity contribution is 4.95. The van der Waals surface area contributed by atoms with Crippen molar-refractivity contribution in [2.45, 2.75) is 37.6 Å². The number of nitrogens with two attached hydrogens (primary N) is 1. The Kier molecular flexibility index (Phi) is 2.58. The summed E-state index contributed by atoms with van der Waals surface area (Å²) in [6.07, 6.45) is 6.71. The van der Waals surface area contributed by atoms with Gasteiger partial charge in [-0.05, 0) is 39.3 Å². The third-order valence-electron chi connectivity index (χ3n) is 3.92. The summed E-state index contributed by atoms with van der Waals surface area (Å²) in [6.45, 7) is 3.43. The molecule has 3 heteroatoms. The molecule has 0 unspecified atom stereocenters. The molecule has 2 fully saturated rings. The lowest BCUT2D eigenvalue weighted by Crippen LogP contribution is -2.57. The molecule has 0 atom stereocenters. The minimum Gasteiger partial charge on any atom is -0.301 e. The minimum absolute atomic E-state index is 0.508. The molecule has 0 aromatic heterocycles. The smallest absolute Gasteiger partial charge is 0.0232 e. The van der Waals surface area contributed by atoms with Crippen molar-refractivity contribution < 1.29 is 0 Å². The zero-order chi connectivity index (χ0) is 9.31. The maximum Gasteiger partial charge on any atom is 0.0232 e. The zero-order valence-corrected chi connectivity index (χ0v) is 8.63. The normalized spacial score (nSPS) is 30.9. The van der Waals surface area contributed by atoms with E-state index in [1.165, 1.54) is 38.6 Å². The van der Waals surface area contributed by atoms with Crippen molar-refractivity contribution in [1.29, 1.82) is 0 Å². The molecule has 2 rings (SSSR count). The summed E-state index contributed by atoms with van der Waals surface area (Å²) in [4.78, 5) is 2.57. The summed E-state index contributed by atoms with van der Waals surface area (Å²) < 4.78 is 0. The van der Waals surface area contributed by atoms with Gasteiger partial charge in [0.05, 0.1) is 0 Å². The fourth-order valence-electron chi connectivity index (χ4n) is 2.80.